The first-order valence-corrected chi connectivity index (χ1v) is 7.90. The molecule has 0 unspecified atom stereocenters. The molecule has 22 heavy (non-hydrogen) atoms. The quantitative estimate of drug-likeness (QED) is 0.760. The summed E-state index contributed by atoms with van der Waals surface area (Å²) in [6, 6.07) is 11.7. The van der Waals surface area contributed by atoms with Gasteiger partial charge in [0.1, 0.15) is 0 Å². The van der Waals surface area contributed by atoms with E-state index in [2.05, 4.69) is 55.2 Å². The van der Waals surface area contributed by atoms with Crippen LogP contribution in [-0.4, -0.2) is 33.1 Å². The second kappa shape index (κ2) is 6.46. The highest BCUT2D eigenvalue weighted by molar-refractivity contribution is 9.10. The number of hydrogen-bond acceptors (Lipinski definition) is 3. The number of aromatic amines is 1. The highest BCUT2D eigenvalue weighted by atomic mass is 79.9. The third-order valence-electron chi connectivity index (χ3n) is 3.56. The number of nitrogens with zero attached hydrogens (tertiary/aromatic N) is 3. The predicted octanol–water partition coefficient (Wildman–Crippen LogP) is 2.46. The van der Waals surface area contributed by atoms with E-state index in [0.29, 0.717) is 12.2 Å². The van der Waals surface area contributed by atoms with Gasteiger partial charge in [-0.2, -0.15) is 0 Å². The first kappa shape index (κ1) is 15.0. The Hall–Kier alpha value is -1.92. The predicted molar refractivity (Wildman–Crippen MR) is 90.0 cm³/mol. The minimum atomic E-state index is -0.0775. The lowest BCUT2D eigenvalue weighted by Crippen LogP contribution is -2.23. The summed E-state index contributed by atoms with van der Waals surface area (Å²) in [5.41, 5.74) is 2.67. The second-order valence-corrected chi connectivity index (χ2v) is 6.27. The highest BCUT2D eigenvalue weighted by Crippen LogP contribution is 2.11. The Labute approximate surface area is 136 Å². The van der Waals surface area contributed by atoms with E-state index in [-0.39, 0.29) is 5.56 Å². The number of benzene rings is 1. The van der Waals surface area contributed by atoms with E-state index in [0.717, 1.165) is 23.1 Å². The summed E-state index contributed by atoms with van der Waals surface area (Å²) in [5.74, 6) is 0. The third kappa shape index (κ3) is 3.45. The lowest BCUT2D eigenvalue weighted by atomic mass is 10.1. The number of likely N-dealkylation sites (N-methyl/N-ethyl adjacent to an activating group) is 1. The Balaban J connectivity index is 1.64. The zero-order chi connectivity index (χ0) is 15.5. The zero-order valence-corrected chi connectivity index (χ0v) is 13.9. The van der Waals surface area contributed by atoms with Crippen LogP contribution in [0.25, 0.3) is 5.65 Å². The standard InChI is InChI=1S/C16H17BrN4O/c1-20(9-7-12-2-4-13(17)5-3-12)11-14-10-16(22)21-15(19-14)6-8-18-21/h2-6,8,10,18H,7,9,11H2,1H3. The molecule has 2 aromatic heterocycles. The van der Waals surface area contributed by atoms with Crippen molar-refractivity contribution in [2.45, 2.75) is 13.0 Å². The molecule has 0 aliphatic rings. The summed E-state index contributed by atoms with van der Waals surface area (Å²) in [6.07, 6.45) is 2.68. The van der Waals surface area contributed by atoms with Gasteiger partial charge in [0.2, 0.25) is 0 Å². The second-order valence-electron chi connectivity index (χ2n) is 5.36. The van der Waals surface area contributed by atoms with Crippen molar-refractivity contribution in [3.63, 3.8) is 0 Å². The molecule has 6 heteroatoms. The maximum Gasteiger partial charge on any atom is 0.272 e. The van der Waals surface area contributed by atoms with Crippen LogP contribution in [0.15, 0.2) is 51.9 Å². The molecule has 3 aromatic rings. The fourth-order valence-corrected chi connectivity index (χ4v) is 2.65. The Morgan fingerprint density at radius 3 is 2.82 bits per heavy atom. The maximum atomic E-state index is 11.9. The molecule has 2 heterocycles. The first-order valence-electron chi connectivity index (χ1n) is 7.11. The van der Waals surface area contributed by atoms with Crippen LogP contribution < -0.4 is 5.56 Å². The Morgan fingerprint density at radius 2 is 2.05 bits per heavy atom. The Morgan fingerprint density at radius 1 is 1.27 bits per heavy atom. The van der Waals surface area contributed by atoms with Gasteiger partial charge >= 0.3 is 0 Å². The number of hydrogen-bond donors (Lipinski definition) is 1. The molecule has 5 nitrogen and oxygen atoms in total. The number of nitrogens with one attached hydrogen (secondary N) is 1. The molecule has 114 valence electrons. The van der Waals surface area contributed by atoms with Crippen molar-refractivity contribution in [2.24, 2.45) is 0 Å². The molecule has 0 bridgehead atoms. The van der Waals surface area contributed by atoms with Crippen LogP contribution in [0.1, 0.15) is 11.3 Å². The minimum Gasteiger partial charge on any atom is -0.300 e. The van der Waals surface area contributed by atoms with Crippen LogP contribution in [-0.2, 0) is 13.0 Å². The number of fused-ring (bicyclic) bond motifs is 1. The summed E-state index contributed by atoms with van der Waals surface area (Å²) in [7, 11) is 2.04. The lowest BCUT2D eigenvalue weighted by Gasteiger charge is -2.16. The van der Waals surface area contributed by atoms with E-state index in [1.807, 2.05) is 7.05 Å². The van der Waals surface area contributed by atoms with Gasteiger partial charge < -0.3 is 4.90 Å². The van der Waals surface area contributed by atoms with Crippen molar-refractivity contribution in [1.29, 1.82) is 0 Å². The SMILES string of the molecule is CN(CCc1ccc(Br)cc1)Cc1cc(=O)n2[nH]ccc2n1. The average Bonchev–Trinajstić information content (AvgIpc) is 2.95. The Kier molecular flexibility index (Phi) is 4.40. The summed E-state index contributed by atoms with van der Waals surface area (Å²) in [5, 5.41) is 2.84. The molecule has 0 amide bonds. The van der Waals surface area contributed by atoms with E-state index in [1.54, 1.807) is 18.3 Å². The van der Waals surface area contributed by atoms with Crippen LogP contribution in [0, 0.1) is 0 Å². The van der Waals surface area contributed by atoms with Crippen LogP contribution in [0.3, 0.4) is 0 Å². The summed E-state index contributed by atoms with van der Waals surface area (Å²) >= 11 is 3.44. The molecule has 1 aromatic carbocycles. The van der Waals surface area contributed by atoms with Crippen molar-refractivity contribution >= 4 is 21.6 Å². The Bertz CT molecular complexity index is 822. The van der Waals surface area contributed by atoms with Crippen molar-refractivity contribution < 1.29 is 0 Å². The molecule has 0 fully saturated rings. The number of aromatic nitrogens is 3. The molecule has 0 atom stereocenters. The van der Waals surface area contributed by atoms with Crippen molar-refractivity contribution in [1.82, 2.24) is 19.5 Å². The van der Waals surface area contributed by atoms with E-state index in [9.17, 15) is 4.79 Å². The molecule has 0 aliphatic carbocycles. The maximum absolute atomic E-state index is 11.9. The van der Waals surface area contributed by atoms with Gasteiger partial charge in [0, 0.05) is 35.9 Å². The largest absolute Gasteiger partial charge is 0.300 e. The van der Waals surface area contributed by atoms with Gasteiger partial charge in [-0.05, 0) is 31.2 Å². The van der Waals surface area contributed by atoms with E-state index in [4.69, 9.17) is 0 Å². The molecule has 3 rings (SSSR count). The molecule has 0 aliphatic heterocycles. The number of rotatable bonds is 5. The fourth-order valence-electron chi connectivity index (χ4n) is 2.38. The van der Waals surface area contributed by atoms with Gasteiger partial charge in [0.15, 0.2) is 5.65 Å². The lowest BCUT2D eigenvalue weighted by molar-refractivity contribution is 0.327. The van der Waals surface area contributed by atoms with Gasteiger partial charge in [-0.25, -0.2) is 9.50 Å². The number of H-pyrrole nitrogens is 1. The van der Waals surface area contributed by atoms with Crippen LogP contribution in [0.5, 0.6) is 0 Å². The van der Waals surface area contributed by atoms with Gasteiger partial charge in [-0.1, -0.05) is 28.1 Å². The summed E-state index contributed by atoms with van der Waals surface area (Å²) in [4.78, 5) is 18.6. The minimum absolute atomic E-state index is 0.0775. The molecular weight excluding hydrogens is 344 g/mol. The van der Waals surface area contributed by atoms with Crippen LogP contribution >= 0.6 is 15.9 Å². The summed E-state index contributed by atoms with van der Waals surface area (Å²) in [6.45, 7) is 1.57. The van der Waals surface area contributed by atoms with Crippen LogP contribution in [0.4, 0.5) is 0 Å². The number of halogens is 1. The van der Waals surface area contributed by atoms with Crippen molar-refractivity contribution in [2.75, 3.05) is 13.6 Å². The van der Waals surface area contributed by atoms with Gasteiger partial charge in [0.25, 0.3) is 5.56 Å². The normalized spacial score (nSPS) is 11.4. The van der Waals surface area contributed by atoms with Crippen molar-refractivity contribution in [3.8, 4) is 0 Å². The average molecular weight is 361 g/mol. The van der Waals surface area contributed by atoms with E-state index in [1.165, 1.54) is 10.1 Å². The van der Waals surface area contributed by atoms with Crippen molar-refractivity contribution in [3.05, 3.63) is 68.7 Å². The zero-order valence-electron chi connectivity index (χ0n) is 12.3. The smallest absolute Gasteiger partial charge is 0.272 e. The van der Waals surface area contributed by atoms with Gasteiger partial charge in [-0.15, -0.1) is 0 Å². The van der Waals surface area contributed by atoms with E-state index >= 15 is 0 Å². The van der Waals surface area contributed by atoms with Crippen LogP contribution in [0.2, 0.25) is 0 Å². The monoisotopic (exact) mass is 360 g/mol. The van der Waals surface area contributed by atoms with Gasteiger partial charge in [0.05, 0.1) is 5.69 Å². The van der Waals surface area contributed by atoms with E-state index < -0.39 is 0 Å². The third-order valence-corrected chi connectivity index (χ3v) is 4.09. The first-order chi connectivity index (χ1) is 10.6. The fraction of sp³-hybridized carbons (Fsp3) is 0.250. The summed E-state index contributed by atoms with van der Waals surface area (Å²) < 4.78 is 2.53. The molecule has 1 N–H and O–H groups in total. The molecular formula is C16H17BrN4O. The highest BCUT2D eigenvalue weighted by Gasteiger charge is 2.06. The molecule has 0 radical (unpaired) electrons. The molecule has 0 spiro atoms. The van der Waals surface area contributed by atoms with Gasteiger partial charge in [-0.3, -0.25) is 9.89 Å². The molecule has 0 saturated heterocycles. The topological polar surface area (TPSA) is 53.4 Å². The molecule has 0 saturated carbocycles.